The van der Waals surface area contributed by atoms with Gasteiger partial charge in [-0.05, 0) is 25.5 Å². The average Bonchev–Trinajstić information content (AvgIpc) is 2.57. The first-order chi connectivity index (χ1) is 8.40. The Balaban J connectivity index is 2.49. The minimum atomic E-state index is -1.41. The van der Waals surface area contributed by atoms with Gasteiger partial charge in [-0.25, -0.2) is 13.2 Å². The Morgan fingerprint density at radius 3 is 2.06 bits per heavy atom. The van der Waals surface area contributed by atoms with Crippen molar-refractivity contribution in [2.45, 2.75) is 20.0 Å². The van der Waals surface area contributed by atoms with E-state index < -0.39 is 29.1 Å². The molecule has 0 aliphatic heterocycles. The summed E-state index contributed by atoms with van der Waals surface area (Å²) in [5.41, 5.74) is 0.426. The normalized spacial score (nSPS) is 12.8. The second kappa shape index (κ2) is 4.74. The number of aliphatic hydroxyl groups is 1. The highest BCUT2D eigenvalue weighted by Gasteiger charge is 2.22. The van der Waals surface area contributed by atoms with Crippen LogP contribution in [0.3, 0.4) is 0 Å². The van der Waals surface area contributed by atoms with Gasteiger partial charge in [-0.3, -0.25) is 0 Å². The molecule has 2 rings (SSSR count). The Bertz CT molecular complexity index is 549. The van der Waals surface area contributed by atoms with Gasteiger partial charge in [-0.15, -0.1) is 11.3 Å². The van der Waals surface area contributed by atoms with Gasteiger partial charge >= 0.3 is 0 Å². The first-order valence-electron chi connectivity index (χ1n) is 5.29. The van der Waals surface area contributed by atoms with Crippen molar-refractivity contribution in [3.05, 3.63) is 56.5 Å². The third-order valence-corrected chi connectivity index (χ3v) is 3.98. The van der Waals surface area contributed by atoms with Crippen LogP contribution in [0.4, 0.5) is 13.2 Å². The third kappa shape index (κ3) is 2.28. The van der Waals surface area contributed by atoms with Crippen molar-refractivity contribution in [2.75, 3.05) is 0 Å². The van der Waals surface area contributed by atoms with Crippen molar-refractivity contribution in [2.24, 2.45) is 0 Å². The number of rotatable bonds is 2. The first-order valence-corrected chi connectivity index (χ1v) is 6.11. The summed E-state index contributed by atoms with van der Waals surface area (Å²) in [6, 6.07) is 2.80. The molecule has 1 N–H and O–H groups in total. The second-order valence-electron chi connectivity index (χ2n) is 4.07. The summed E-state index contributed by atoms with van der Waals surface area (Å²) in [7, 11) is 0. The van der Waals surface area contributed by atoms with E-state index >= 15 is 0 Å². The molecule has 0 spiro atoms. The fraction of sp³-hybridized carbons (Fsp3) is 0.231. The second-order valence-corrected chi connectivity index (χ2v) is 5.36. The monoisotopic (exact) mass is 272 g/mol. The van der Waals surface area contributed by atoms with Gasteiger partial charge in [0, 0.05) is 21.9 Å². The summed E-state index contributed by atoms with van der Waals surface area (Å²) >= 11 is 1.26. The van der Waals surface area contributed by atoms with Crippen LogP contribution in [-0.2, 0) is 0 Å². The van der Waals surface area contributed by atoms with Crippen LogP contribution < -0.4 is 0 Å². The number of halogens is 3. The molecule has 18 heavy (non-hydrogen) atoms. The maximum absolute atomic E-state index is 13.5. The molecule has 96 valence electrons. The van der Waals surface area contributed by atoms with Crippen molar-refractivity contribution in [3.63, 3.8) is 0 Å². The molecule has 2 aromatic rings. The summed E-state index contributed by atoms with van der Waals surface area (Å²) in [5, 5.41) is 9.99. The van der Waals surface area contributed by atoms with Gasteiger partial charge in [-0.1, -0.05) is 0 Å². The van der Waals surface area contributed by atoms with Crippen LogP contribution in [0.2, 0.25) is 0 Å². The molecule has 1 unspecified atom stereocenters. The summed E-state index contributed by atoms with van der Waals surface area (Å²) < 4.78 is 39.8. The van der Waals surface area contributed by atoms with Crippen molar-refractivity contribution in [1.29, 1.82) is 0 Å². The van der Waals surface area contributed by atoms with E-state index in [9.17, 15) is 18.3 Å². The van der Waals surface area contributed by atoms with E-state index in [1.807, 2.05) is 13.8 Å². The molecular weight excluding hydrogens is 261 g/mol. The lowest BCUT2D eigenvalue weighted by Crippen LogP contribution is -2.05. The van der Waals surface area contributed by atoms with Crippen LogP contribution in [0.5, 0.6) is 0 Å². The lowest BCUT2D eigenvalue weighted by Gasteiger charge is -2.11. The average molecular weight is 272 g/mol. The standard InChI is InChI=1S/C13H11F3OS/c1-6-3-11(18-7(6)2)13(17)12-9(15)4-8(14)5-10(12)16/h3-5,13,17H,1-2H3. The highest BCUT2D eigenvalue weighted by Crippen LogP contribution is 2.33. The molecular formula is C13H11F3OS. The number of hydrogen-bond acceptors (Lipinski definition) is 2. The van der Waals surface area contributed by atoms with Gasteiger partial charge in [0.25, 0.3) is 0 Å². The maximum atomic E-state index is 13.5. The topological polar surface area (TPSA) is 20.2 Å². The molecule has 1 atom stereocenters. The molecule has 0 saturated heterocycles. The molecule has 0 fully saturated rings. The Labute approximate surface area is 107 Å². The quantitative estimate of drug-likeness (QED) is 0.880. The molecule has 0 radical (unpaired) electrons. The fourth-order valence-electron chi connectivity index (χ4n) is 1.69. The highest BCUT2D eigenvalue weighted by molar-refractivity contribution is 7.12. The fourth-order valence-corrected chi connectivity index (χ4v) is 2.73. The van der Waals surface area contributed by atoms with Gasteiger partial charge in [0.1, 0.15) is 23.6 Å². The molecule has 0 saturated carbocycles. The van der Waals surface area contributed by atoms with Gasteiger partial charge < -0.3 is 5.11 Å². The summed E-state index contributed by atoms with van der Waals surface area (Å²) in [4.78, 5) is 1.40. The predicted octanol–water partition coefficient (Wildman–Crippen LogP) is 3.86. The smallest absolute Gasteiger partial charge is 0.135 e. The Kier molecular flexibility index (Phi) is 3.45. The SMILES string of the molecule is Cc1cc(C(O)c2c(F)cc(F)cc2F)sc1C. The number of benzene rings is 1. The maximum Gasteiger partial charge on any atom is 0.135 e. The minimum Gasteiger partial charge on any atom is -0.383 e. The summed E-state index contributed by atoms with van der Waals surface area (Å²) in [5.74, 6) is -3.16. The molecule has 1 aromatic heterocycles. The Morgan fingerprint density at radius 1 is 1.06 bits per heavy atom. The number of hydrogen-bond donors (Lipinski definition) is 1. The molecule has 0 bridgehead atoms. The van der Waals surface area contributed by atoms with E-state index in [1.165, 1.54) is 11.3 Å². The highest BCUT2D eigenvalue weighted by atomic mass is 32.1. The van der Waals surface area contributed by atoms with Gasteiger partial charge in [-0.2, -0.15) is 0 Å². The zero-order chi connectivity index (χ0) is 13.4. The molecule has 1 aromatic carbocycles. The number of aliphatic hydroxyl groups excluding tert-OH is 1. The van der Waals surface area contributed by atoms with Crippen LogP contribution >= 0.6 is 11.3 Å². The van der Waals surface area contributed by atoms with Crippen LogP contribution in [0.1, 0.15) is 27.0 Å². The van der Waals surface area contributed by atoms with Crippen LogP contribution in [0, 0.1) is 31.3 Å². The Morgan fingerprint density at radius 2 is 1.61 bits per heavy atom. The minimum absolute atomic E-state index is 0.439. The zero-order valence-corrected chi connectivity index (χ0v) is 10.6. The Hall–Kier alpha value is -1.33. The van der Waals surface area contributed by atoms with Crippen molar-refractivity contribution >= 4 is 11.3 Å². The molecule has 5 heteroatoms. The largest absolute Gasteiger partial charge is 0.383 e. The van der Waals surface area contributed by atoms with Crippen molar-refractivity contribution in [3.8, 4) is 0 Å². The van der Waals surface area contributed by atoms with E-state index in [2.05, 4.69) is 0 Å². The summed E-state index contributed by atoms with van der Waals surface area (Å²) in [6.45, 7) is 3.70. The van der Waals surface area contributed by atoms with Crippen molar-refractivity contribution < 1.29 is 18.3 Å². The van der Waals surface area contributed by atoms with Crippen LogP contribution in [0.25, 0.3) is 0 Å². The molecule has 1 heterocycles. The molecule has 0 amide bonds. The van der Waals surface area contributed by atoms with E-state index in [1.54, 1.807) is 6.07 Å². The number of aryl methyl sites for hydroxylation is 2. The molecule has 0 aliphatic rings. The molecule has 1 nitrogen and oxygen atoms in total. The summed E-state index contributed by atoms with van der Waals surface area (Å²) in [6.07, 6.45) is -1.41. The van der Waals surface area contributed by atoms with E-state index in [0.717, 1.165) is 10.4 Å². The van der Waals surface area contributed by atoms with Gasteiger partial charge in [0.2, 0.25) is 0 Å². The lowest BCUT2D eigenvalue weighted by atomic mass is 10.1. The van der Waals surface area contributed by atoms with Crippen LogP contribution in [0.15, 0.2) is 18.2 Å². The third-order valence-electron chi connectivity index (χ3n) is 2.77. The lowest BCUT2D eigenvalue weighted by molar-refractivity contribution is 0.212. The van der Waals surface area contributed by atoms with Crippen LogP contribution in [-0.4, -0.2) is 5.11 Å². The van der Waals surface area contributed by atoms with Crippen molar-refractivity contribution in [1.82, 2.24) is 0 Å². The van der Waals surface area contributed by atoms with E-state index in [4.69, 9.17) is 0 Å². The first kappa shape index (κ1) is 13.1. The molecule has 0 aliphatic carbocycles. The number of thiophene rings is 1. The van der Waals surface area contributed by atoms with E-state index in [0.29, 0.717) is 17.0 Å². The zero-order valence-electron chi connectivity index (χ0n) is 9.80. The van der Waals surface area contributed by atoms with Gasteiger partial charge in [0.05, 0.1) is 5.56 Å². The van der Waals surface area contributed by atoms with Gasteiger partial charge in [0.15, 0.2) is 0 Å². The van der Waals surface area contributed by atoms with E-state index in [-0.39, 0.29) is 0 Å². The predicted molar refractivity (Wildman–Crippen MR) is 64.2 cm³/mol.